The number of halogens is 1. The smallest absolute Gasteiger partial charge is 0.341 e. The van der Waals surface area contributed by atoms with Gasteiger partial charge >= 0.3 is 5.97 Å². The average molecular weight is 458 g/mol. The van der Waals surface area contributed by atoms with Crippen molar-refractivity contribution < 1.29 is 14.3 Å². The van der Waals surface area contributed by atoms with Gasteiger partial charge in [0.05, 0.1) is 17.9 Å². The van der Waals surface area contributed by atoms with Crippen LogP contribution in [0.1, 0.15) is 28.4 Å². The van der Waals surface area contributed by atoms with E-state index in [2.05, 4.69) is 17.4 Å². The number of rotatable bonds is 5. The summed E-state index contributed by atoms with van der Waals surface area (Å²) < 4.78 is 5.04. The quantitative estimate of drug-likeness (QED) is 0.373. The highest BCUT2D eigenvalue weighted by atomic mass is 35.5. The number of ether oxygens (including phenoxy) is 1. The maximum absolute atomic E-state index is 12.9. The summed E-state index contributed by atoms with van der Waals surface area (Å²) in [6, 6.07) is 15.6. The molecule has 7 heteroatoms. The standard InChI is InChI=1S/C23H20ClNO3S2/c1-13(29-16-10-8-15(24)9-11-16)21(26)25-22-19(23(27)28-2)18-12-7-14-5-3-4-6-17(14)20(18)30-22/h3-6,8-11,13H,7,12H2,1-2H3,(H,25,26). The average Bonchev–Trinajstić information content (AvgIpc) is 3.13. The molecule has 3 aromatic rings. The lowest BCUT2D eigenvalue weighted by molar-refractivity contribution is -0.115. The van der Waals surface area contributed by atoms with Gasteiger partial charge in [-0.1, -0.05) is 35.9 Å². The largest absolute Gasteiger partial charge is 0.465 e. The third-order valence-corrected chi connectivity index (χ3v) is 7.58. The number of hydrogen-bond acceptors (Lipinski definition) is 5. The molecule has 1 aliphatic carbocycles. The Morgan fingerprint density at radius 2 is 1.87 bits per heavy atom. The lowest BCUT2D eigenvalue weighted by atomic mass is 9.89. The van der Waals surface area contributed by atoms with Crippen molar-refractivity contribution in [1.82, 2.24) is 0 Å². The van der Waals surface area contributed by atoms with Gasteiger partial charge in [-0.15, -0.1) is 23.1 Å². The number of anilines is 1. The minimum atomic E-state index is -0.416. The molecule has 4 nitrogen and oxygen atoms in total. The Labute approximate surface area is 188 Å². The molecule has 0 radical (unpaired) electrons. The first-order valence-electron chi connectivity index (χ1n) is 9.53. The first-order valence-corrected chi connectivity index (χ1v) is 11.6. The van der Waals surface area contributed by atoms with Crippen molar-refractivity contribution >= 4 is 51.6 Å². The molecule has 1 unspecified atom stereocenters. The van der Waals surface area contributed by atoms with E-state index in [1.54, 1.807) is 12.1 Å². The Hall–Kier alpha value is -2.28. The Bertz CT molecular complexity index is 1110. The number of thiophene rings is 1. The number of fused-ring (bicyclic) bond motifs is 3. The number of nitrogens with one attached hydrogen (secondary N) is 1. The van der Waals surface area contributed by atoms with Gasteiger partial charge in [-0.25, -0.2) is 4.79 Å². The van der Waals surface area contributed by atoms with E-state index in [1.165, 1.54) is 35.8 Å². The zero-order valence-electron chi connectivity index (χ0n) is 16.5. The number of esters is 1. The Morgan fingerprint density at radius 1 is 1.13 bits per heavy atom. The highest BCUT2D eigenvalue weighted by Crippen LogP contribution is 2.45. The van der Waals surface area contributed by atoms with Crippen molar-refractivity contribution in [2.45, 2.75) is 29.9 Å². The molecule has 1 aliphatic rings. The van der Waals surface area contributed by atoms with Crippen LogP contribution in [0, 0.1) is 0 Å². The van der Waals surface area contributed by atoms with E-state index in [0.717, 1.165) is 33.7 Å². The number of carbonyl (C=O) groups is 2. The molecule has 0 fully saturated rings. The molecule has 0 saturated carbocycles. The molecule has 0 aliphatic heterocycles. The van der Waals surface area contributed by atoms with Gasteiger partial charge in [-0.3, -0.25) is 4.79 Å². The molecular weight excluding hydrogens is 438 g/mol. The van der Waals surface area contributed by atoms with Gasteiger partial charge < -0.3 is 10.1 Å². The summed E-state index contributed by atoms with van der Waals surface area (Å²) >= 11 is 8.82. The van der Waals surface area contributed by atoms with Gasteiger partial charge in [0, 0.05) is 14.8 Å². The van der Waals surface area contributed by atoms with E-state index in [-0.39, 0.29) is 11.2 Å². The van der Waals surface area contributed by atoms with Gasteiger partial charge in [-0.2, -0.15) is 0 Å². The summed E-state index contributed by atoms with van der Waals surface area (Å²) in [6.45, 7) is 1.84. The first-order chi connectivity index (χ1) is 14.5. The number of amides is 1. The van der Waals surface area contributed by atoms with E-state index < -0.39 is 5.97 Å². The van der Waals surface area contributed by atoms with Crippen LogP contribution in [0.25, 0.3) is 10.4 Å². The fourth-order valence-corrected chi connectivity index (χ4v) is 5.83. The molecule has 0 bridgehead atoms. The van der Waals surface area contributed by atoms with Crippen molar-refractivity contribution in [1.29, 1.82) is 0 Å². The Morgan fingerprint density at radius 3 is 2.60 bits per heavy atom. The zero-order valence-corrected chi connectivity index (χ0v) is 18.9. The fraction of sp³-hybridized carbons (Fsp3) is 0.217. The third-order valence-electron chi connectivity index (χ3n) is 5.04. The van der Waals surface area contributed by atoms with Crippen LogP contribution in [0.5, 0.6) is 0 Å². The van der Waals surface area contributed by atoms with E-state index >= 15 is 0 Å². The van der Waals surface area contributed by atoms with Gasteiger partial charge in [0.25, 0.3) is 0 Å². The first kappa shape index (κ1) is 21.0. The molecule has 2 aromatic carbocycles. The third kappa shape index (κ3) is 4.13. The zero-order chi connectivity index (χ0) is 21.3. The van der Waals surface area contributed by atoms with Gasteiger partial charge in [0.2, 0.25) is 5.91 Å². The predicted octanol–water partition coefficient (Wildman–Crippen LogP) is 6.07. The molecule has 30 heavy (non-hydrogen) atoms. The number of aryl methyl sites for hydroxylation is 1. The van der Waals surface area contributed by atoms with Crippen molar-refractivity contribution in [3.05, 3.63) is 70.2 Å². The summed E-state index contributed by atoms with van der Waals surface area (Å²) in [6.07, 6.45) is 1.61. The SMILES string of the molecule is COC(=O)c1c(NC(=O)C(C)Sc2ccc(Cl)cc2)sc2c1CCc1ccccc1-2. The van der Waals surface area contributed by atoms with Crippen molar-refractivity contribution in [2.75, 3.05) is 12.4 Å². The topological polar surface area (TPSA) is 55.4 Å². The molecule has 4 rings (SSSR count). The van der Waals surface area contributed by atoms with Crippen molar-refractivity contribution in [3.8, 4) is 10.4 Å². The lowest BCUT2D eigenvalue weighted by Gasteiger charge is -2.16. The maximum Gasteiger partial charge on any atom is 0.341 e. The number of hydrogen-bond donors (Lipinski definition) is 1. The number of methoxy groups -OCH3 is 1. The fourth-order valence-electron chi connectivity index (χ4n) is 3.53. The molecule has 0 saturated heterocycles. The highest BCUT2D eigenvalue weighted by molar-refractivity contribution is 8.00. The second-order valence-electron chi connectivity index (χ2n) is 6.97. The highest BCUT2D eigenvalue weighted by Gasteiger charge is 2.30. The van der Waals surface area contributed by atoms with E-state index in [9.17, 15) is 9.59 Å². The normalized spacial score (nSPS) is 13.2. The van der Waals surface area contributed by atoms with E-state index in [1.807, 2.05) is 31.2 Å². The second-order valence-corrected chi connectivity index (χ2v) is 9.84. The molecule has 1 N–H and O–H groups in total. The van der Waals surface area contributed by atoms with Gasteiger partial charge in [0.15, 0.2) is 0 Å². The van der Waals surface area contributed by atoms with Crippen LogP contribution in [0.2, 0.25) is 5.02 Å². The lowest BCUT2D eigenvalue weighted by Crippen LogP contribution is -2.23. The minimum absolute atomic E-state index is 0.160. The van der Waals surface area contributed by atoms with Gasteiger partial charge in [-0.05, 0) is 60.7 Å². The summed E-state index contributed by atoms with van der Waals surface area (Å²) in [7, 11) is 1.37. The molecular formula is C23H20ClNO3S2. The van der Waals surface area contributed by atoms with Crippen LogP contribution in [0.3, 0.4) is 0 Å². The summed E-state index contributed by atoms with van der Waals surface area (Å²) in [5.74, 6) is -0.577. The van der Waals surface area contributed by atoms with Crippen LogP contribution >= 0.6 is 34.7 Å². The van der Waals surface area contributed by atoms with Crippen LogP contribution in [0.4, 0.5) is 5.00 Å². The van der Waals surface area contributed by atoms with E-state index in [4.69, 9.17) is 16.3 Å². The van der Waals surface area contributed by atoms with Crippen LogP contribution in [0.15, 0.2) is 53.4 Å². The summed E-state index contributed by atoms with van der Waals surface area (Å²) in [5, 5.41) is 3.84. The van der Waals surface area contributed by atoms with E-state index in [0.29, 0.717) is 15.6 Å². The Kier molecular flexibility index (Phi) is 6.18. The molecule has 1 amide bonds. The maximum atomic E-state index is 12.9. The molecule has 0 spiro atoms. The number of benzene rings is 2. The molecule has 1 aromatic heterocycles. The Balaban J connectivity index is 1.62. The number of carbonyl (C=O) groups excluding carboxylic acids is 2. The molecule has 1 atom stereocenters. The minimum Gasteiger partial charge on any atom is -0.465 e. The predicted molar refractivity (Wildman–Crippen MR) is 124 cm³/mol. The molecule has 154 valence electrons. The monoisotopic (exact) mass is 457 g/mol. The number of thioether (sulfide) groups is 1. The van der Waals surface area contributed by atoms with Crippen LogP contribution < -0.4 is 5.32 Å². The van der Waals surface area contributed by atoms with Crippen molar-refractivity contribution in [3.63, 3.8) is 0 Å². The van der Waals surface area contributed by atoms with Crippen molar-refractivity contribution in [2.24, 2.45) is 0 Å². The van der Waals surface area contributed by atoms with Crippen LogP contribution in [-0.2, 0) is 22.4 Å². The summed E-state index contributed by atoms with van der Waals surface area (Å²) in [4.78, 5) is 27.5. The summed E-state index contributed by atoms with van der Waals surface area (Å²) in [5.41, 5.74) is 3.81. The van der Waals surface area contributed by atoms with Gasteiger partial charge in [0.1, 0.15) is 5.00 Å². The second kappa shape index (κ2) is 8.84. The van der Waals surface area contributed by atoms with Crippen LogP contribution in [-0.4, -0.2) is 24.2 Å². The molecule has 1 heterocycles.